The van der Waals surface area contributed by atoms with Crippen LogP contribution in [0.3, 0.4) is 0 Å². The first-order chi connectivity index (χ1) is 14.3. The normalized spacial score (nSPS) is 25.2. The molecule has 2 aromatic rings. The lowest BCUT2D eigenvalue weighted by atomic mass is 9.83. The summed E-state index contributed by atoms with van der Waals surface area (Å²) >= 11 is 1.69. The second kappa shape index (κ2) is 8.23. The predicted octanol–water partition coefficient (Wildman–Crippen LogP) is 2.26. The van der Waals surface area contributed by atoms with Crippen LogP contribution in [0.5, 0.6) is 0 Å². The van der Waals surface area contributed by atoms with Crippen molar-refractivity contribution in [2.24, 2.45) is 13.0 Å². The number of carbonyl (C=O) groups is 1. The fraction of sp³-hybridized carbons (Fsp3) is 0.591. The van der Waals surface area contributed by atoms with E-state index in [2.05, 4.69) is 27.2 Å². The van der Waals surface area contributed by atoms with Gasteiger partial charge in [0.1, 0.15) is 5.69 Å². The molecule has 4 rings (SSSR count). The third-order valence-electron chi connectivity index (χ3n) is 6.48. The maximum Gasteiger partial charge on any atom is 0.270 e. The number of hydrogen-bond donors (Lipinski definition) is 2. The number of piperidine rings is 1. The number of aliphatic hydroxyl groups is 1. The standard InChI is InChI=1S/C22H31N5O2S/c1-16-14-27(11-8-22(16,29)15-30-3)18-4-9-23-19(12-18)20(28)24-21(6-7-21)13-17-5-10-26(2)25-17/h4-5,9-10,12,16,29H,6-8,11,13-15H2,1-3H3,(H,24,28)/t16-,22+/m0/s1. The summed E-state index contributed by atoms with van der Waals surface area (Å²) < 4.78 is 1.79. The zero-order chi connectivity index (χ0) is 21.4. The van der Waals surface area contributed by atoms with E-state index in [-0.39, 0.29) is 17.4 Å². The largest absolute Gasteiger partial charge is 0.389 e. The summed E-state index contributed by atoms with van der Waals surface area (Å²) in [5.41, 5.74) is 1.61. The van der Waals surface area contributed by atoms with E-state index in [1.807, 2.05) is 37.7 Å². The molecule has 0 aromatic carbocycles. The molecule has 1 aliphatic heterocycles. The molecule has 0 bridgehead atoms. The van der Waals surface area contributed by atoms with Gasteiger partial charge >= 0.3 is 0 Å². The van der Waals surface area contributed by atoms with Crippen LogP contribution in [-0.2, 0) is 13.5 Å². The highest BCUT2D eigenvalue weighted by molar-refractivity contribution is 7.98. The van der Waals surface area contributed by atoms with E-state index >= 15 is 0 Å². The molecule has 2 fully saturated rings. The molecule has 2 aromatic heterocycles. The Bertz CT molecular complexity index is 912. The quantitative estimate of drug-likeness (QED) is 0.703. The van der Waals surface area contributed by atoms with Crippen LogP contribution in [0.15, 0.2) is 30.6 Å². The fourth-order valence-electron chi connectivity index (χ4n) is 4.31. The molecule has 1 aliphatic carbocycles. The molecule has 8 heteroatoms. The second-order valence-corrected chi connectivity index (χ2v) is 9.79. The lowest BCUT2D eigenvalue weighted by Crippen LogP contribution is -2.52. The number of aromatic nitrogens is 3. The molecule has 2 atom stereocenters. The van der Waals surface area contributed by atoms with E-state index in [4.69, 9.17) is 0 Å². The van der Waals surface area contributed by atoms with Crippen molar-refractivity contribution in [3.05, 3.63) is 42.0 Å². The molecule has 162 valence electrons. The smallest absolute Gasteiger partial charge is 0.270 e. The van der Waals surface area contributed by atoms with Crippen LogP contribution in [0.1, 0.15) is 42.4 Å². The highest BCUT2D eigenvalue weighted by Gasteiger charge is 2.45. The van der Waals surface area contributed by atoms with E-state index in [1.54, 1.807) is 22.6 Å². The topological polar surface area (TPSA) is 83.3 Å². The van der Waals surface area contributed by atoms with Gasteiger partial charge in [0.2, 0.25) is 0 Å². The number of nitrogens with one attached hydrogen (secondary N) is 1. The number of carbonyl (C=O) groups excluding carboxylic acids is 1. The minimum Gasteiger partial charge on any atom is -0.389 e. The van der Waals surface area contributed by atoms with Gasteiger partial charge in [0, 0.05) is 61.8 Å². The first kappa shape index (κ1) is 21.2. The van der Waals surface area contributed by atoms with Crippen LogP contribution in [-0.4, -0.2) is 62.0 Å². The van der Waals surface area contributed by atoms with Gasteiger partial charge in [-0.3, -0.25) is 14.5 Å². The number of amides is 1. The fourth-order valence-corrected chi connectivity index (χ4v) is 5.24. The van der Waals surface area contributed by atoms with E-state index in [0.717, 1.165) is 55.9 Å². The van der Waals surface area contributed by atoms with Crippen molar-refractivity contribution in [2.45, 2.75) is 43.7 Å². The van der Waals surface area contributed by atoms with Crippen LogP contribution in [0.25, 0.3) is 0 Å². The third kappa shape index (κ3) is 4.49. The van der Waals surface area contributed by atoms with Crippen molar-refractivity contribution in [2.75, 3.05) is 30.0 Å². The Hall–Kier alpha value is -2.06. The van der Waals surface area contributed by atoms with Crippen LogP contribution >= 0.6 is 11.8 Å². The molecule has 0 unspecified atom stereocenters. The van der Waals surface area contributed by atoms with Gasteiger partial charge in [-0.15, -0.1) is 0 Å². The van der Waals surface area contributed by atoms with E-state index in [1.165, 1.54) is 0 Å². The van der Waals surface area contributed by atoms with Gasteiger partial charge in [0.15, 0.2) is 0 Å². The Balaban J connectivity index is 1.41. The Kier molecular flexibility index (Phi) is 5.81. The molecular formula is C22H31N5O2S. The third-order valence-corrected chi connectivity index (χ3v) is 7.27. The van der Waals surface area contributed by atoms with Crippen molar-refractivity contribution < 1.29 is 9.90 Å². The summed E-state index contributed by atoms with van der Waals surface area (Å²) in [6, 6.07) is 5.82. The van der Waals surface area contributed by atoms with Crippen molar-refractivity contribution >= 4 is 23.4 Å². The highest BCUT2D eigenvalue weighted by atomic mass is 32.2. The zero-order valence-electron chi connectivity index (χ0n) is 18.0. The zero-order valence-corrected chi connectivity index (χ0v) is 18.8. The minimum atomic E-state index is -0.618. The minimum absolute atomic E-state index is 0.130. The van der Waals surface area contributed by atoms with E-state index in [0.29, 0.717) is 5.69 Å². The molecule has 2 aliphatic rings. The number of hydrogen-bond acceptors (Lipinski definition) is 6. The molecule has 1 saturated heterocycles. The first-order valence-corrected chi connectivity index (χ1v) is 12.0. The van der Waals surface area contributed by atoms with E-state index in [9.17, 15) is 9.90 Å². The maximum absolute atomic E-state index is 12.9. The van der Waals surface area contributed by atoms with Gasteiger partial charge in [-0.05, 0) is 43.7 Å². The highest BCUT2D eigenvalue weighted by Crippen LogP contribution is 2.39. The average Bonchev–Trinajstić information content (AvgIpc) is 3.34. The molecule has 1 saturated carbocycles. The van der Waals surface area contributed by atoms with Crippen LogP contribution in [0.2, 0.25) is 0 Å². The van der Waals surface area contributed by atoms with Gasteiger partial charge in [0.05, 0.1) is 11.3 Å². The summed E-state index contributed by atoms with van der Waals surface area (Å²) in [6.45, 7) is 3.65. The molecule has 0 radical (unpaired) electrons. The summed E-state index contributed by atoms with van der Waals surface area (Å²) in [5.74, 6) is 0.788. The van der Waals surface area contributed by atoms with Crippen molar-refractivity contribution in [3.63, 3.8) is 0 Å². The van der Waals surface area contributed by atoms with Crippen molar-refractivity contribution in [1.82, 2.24) is 20.1 Å². The van der Waals surface area contributed by atoms with Crippen LogP contribution in [0.4, 0.5) is 5.69 Å². The molecule has 7 nitrogen and oxygen atoms in total. The average molecular weight is 430 g/mol. The van der Waals surface area contributed by atoms with Crippen LogP contribution in [0, 0.1) is 5.92 Å². The number of nitrogens with zero attached hydrogens (tertiary/aromatic N) is 4. The lowest BCUT2D eigenvalue weighted by molar-refractivity contribution is -0.00460. The number of rotatable bonds is 7. The summed E-state index contributed by atoms with van der Waals surface area (Å²) in [5, 5.41) is 18.5. The molecule has 0 spiro atoms. The van der Waals surface area contributed by atoms with Gasteiger partial charge in [-0.1, -0.05) is 6.92 Å². The predicted molar refractivity (Wildman–Crippen MR) is 120 cm³/mol. The second-order valence-electron chi connectivity index (χ2n) is 8.92. The maximum atomic E-state index is 12.9. The summed E-state index contributed by atoms with van der Waals surface area (Å²) in [4.78, 5) is 19.5. The molecule has 2 N–H and O–H groups in total. The number of anilines is 1. The number of thioether (sulfide) groups is 1. The van der Waals surface area contributed by atoms with Gasteiger partial charge < -0.3 is 15.3 Å². The molecule has 3 heterocycles. The van der Waals surface area contributed by atoms with Crippen molar-refractivity contribution in [1.29, 1.82) is 0 Å². The lowest BCUT2D eigenvalue weighted by Gasteiger charge is -2.44. The Morgan fingerprint density at radius 1 is 1.37 bits per heavy atom. The Labute approximate surface area is 182 Å². The molecular weight excluding hydrogens is 398 g/mol. The van der Waals surface area contributed by atoms with Gasteiger partial charge in [-0.2, -0.15) is 16.9 Å². The molecule has 1 amide bonds. The summed E-state index contributed by atoms with van der Waals surface area (Å²) in [6.07, 6.45) is 9.07. The van der Waals surface area contributed by atoms with Gasteiger partial charge in [0.25, 0.3) is 5.91 Å². The van der Waals surface area contributed by atoms with Crippen molar-refractivity contribution in [3.8, 4) is 0 Å². The number of pyridine rings is 1. The SMILES string of the molecule is CSC[C@]1(O)CCN(c2ccnc(C(=O)NC3(Cc4ccn(C)n4)CC3)c2)C[C@@H]1C. The Morgan fingerprint density at radius 2 is 2.17 bits per heavy atom. The monoisotopic (exact) mass is 429 g/mol. The summed E-state index contributed by atoms with van der Waals surface area (Å²) in [7, 11) is 1.90. The Morgan fingerprint density at radius 3 is 2.80 bits per heavy atom. The molecule has 30 heavy (non-hydrogen) atoms. The number of aryl methyl sites for hydroxylation is 1. The van der Waals surface area contributed by atoms with Crippen LogP contribution < -0.4 is 10.2 Å². The first-order valence-electron chi connectivity index (χ1n) is 10.6. The van der Waals surface area contributed by atoms with E-state index < -0.39 is 5.60 Å². The van der Waals surface area contributed by atoms with Gasteiger partial charge in [-0.25, -0.2) is 0 Å².